The van der Waals surface area contributed by atoms with Gasteiger partial charge in [0.15, 0.2) is 11.5 Å². The fourth-order valence-corrected chi connectivity index (χ4v) is 2.61. The molecule has 0 radical (unpaired) electrons. The van der Waals surface area contributed by atoms with E-state index in [1.165, 1.54) is 5.56 Å². The normalized spacial score (nSPS) is 13.5. The van der Waals surface area contributed by atoms with Gasteiger partial charge in [0.05, 0.1) is 26.4 Å². The van der Waals surface area contributed by atoms with Crippen molar-refractivity contribution in [3.63, 3.8) is 0 Å². The van der Waals surface area contributed by atoms with Crippen molar-refractivity contribution in [3.05, 3.63) is 58.7 Å². The molecule has 0 bridgehead atoms. The molecule has 0 aliphatic carbocycles. The summed E-state index contributed by atoms with van der Waals surface area (Å²) in [5, 5.41) is 4.30. The first-order valence-corrected chi connectivity index (χ1v) is 7.31. The monoisotopic (exact) mass is 310 g/mol. The van der Waals surface area contributed by atoms with E-state index in [1.54, 1.807) is 14.2 Å². The number of nitrogens with zero attached hydrogens (tertiary/aromatic N) is 1. The molecule has 2 aromatic rings. The molecule has 0 atom stereocenters. The van der Waals surface area contributed by atoms with Gasteiger partial charge >= 0.3 is 0 Å². The van der Waals surface area contributed by atoms with Gasteiger partial charge in [0.25, 0.3) is 0 Å². The van der Waals surface area contributed by atoms with Gasteiger partial charge in [-0.1, -0.05) is 29.8 Å². The van der Waals surface area contributed by atoms with Crippen LogP contribution in [-0.2, 0) is 11.2 Å². The maximum absolute atomic E-state index is 11.9. The molecule has 1 aliphatic rings. The molecule has 1 N–H and O–H groups in total. The Kier molecular flexibility index (Phi) is 4.02. The molecule has 1 amide bonds. The first-order chi connectivity index (χ1) is 11.1. The summed E-state index contributed by atoms with van der Waals surface area (Å²) in [4.78, 5) is 11.9. The second-order valence-corrected chi connectivity index (χ2v) is 5.40. The van der Waals surface area contributed by atoms with Crippen molar-refractivity contribution < 1.29 is 14.3 Å². The Bertz CT molecular complexity index is 780. The topological polar surface area (TPSA) is 59.9 Å². The number of carbonyl (C=O) groups excluding carboxylic acids is 1. The van der Waals surface area contributed by atoms with Gasteiger partial charge in [-0.05, 0) is 24.6 Å². The number of benzene rings is 2. The second kappa shape index (κ2) is 6.12. The second-order valence-electron chi connectivity index (χ2n) is 5.40. The number of fused-ring (bicyclic) bond motifs is 1. The average Bonchev–Trinajstić information content (AvgIpc) is 2.72. The van der Waals surface area contributed by atoms with Crippen molar-refractivity contribution in [2.24, 2.45) is 5.10 Å². The molecule has 0 unspecified atom stereocenters. The summed E-state index contributed by atoms with van der Waals surface area (Å²) in [6.45, 7) is 2.03. The minimum Gasteiger partial charge on any atom is -0.493 e. The van der Waals surface area contributed by atoms with Crippen LogP contribution in [0, 0.1) is 6.92 Å². The third-order valence-electron chi connectivity index (χ3n) is 3.83. The number of amides is 1. The van der Waals surface area contributed by atoms with E-state index in [4.69, 9.17) is 9.47 Å². The zero-order valence-electron chi connectivity index (χ0n) is 13.3. The molecule has 0 aromatic heterocycles. The summed E-state index contributed by atoms with van der Waals surface area (Å²) in [7, 11) is 3.17. The van der Waals surface area contributed by atoms with Crippen LogP contribution in [-0.4, -0.2) is 25.8 Å². The SMILES string of the molecule is COc1cc2c(cc1OC)C(c1ccc(C)cc1)=NNC(=O)C2. The number of methoxy groups -OCH3 is 2. The van der Waals surface area contributed by atoms with Gasteiger partial charge in [0.2, 0.25) is 5.91 Å². The quantitative estimate of drug-likeness (QED) is 0.947. The Morgan fingerprint density at radius 3 is 2.35 bits per heavy atom. The number of rotatable bonds is 3. The number of nitrogens with one attached hydrogen (secondary N) is 1. The van der Waals surface area contributed by atoms with E-state index in [0.717, 1.165) is 16.7 Å². The van der Waals surface area contributed by atoms with Crippen molar-refractivity contribution in [2.45, 2.75) is 13.3 Å². The Morgan fingerprint density at radius 2 is 1.70 bits per heavy atom. The van der Waals surface area contributed by atoms with Crippen molar-refractivity contribution in [3.8, 4) is 11.5 Å². The Hall–Kier alpha value is -2.82. The maximum Gasteiger partial charge on any atom is 0.244 e. The molecule has 1 aliphatic heterocycles. The predicted octanol–water partition coefficient (Wildman–Crippen LogP) is 2.44. The van der Waals surface area contributed by atoms with Crippen LogP contribution in [0.3, 0.4) is 0 Å². The lowest BCUT2D eigenvalue weighted by Crippen LogP contribution is -2.18. The number of aryl methyl sites for hydroxylation is 1. The van der Waals surface area contributed by atoms with Crippen LogP contribution in [0.15, 0.2) is 41.5 Å². The summed E-state index contributed by atoms with van der Waals surface area (Å²) >= 11 is 0. The van der Waals surface area contributed by atoms with Gasteiger partial charge in [-0.3, -0.25) is 4.79 Å². The van der Waals surface area contributed by atoms with Crippen LogP contribution in [0.25, 0.3) is 0 Å². The predicted molar refractivity (Wildman–Crippen MR) is 88.2 cm³/mol. The summed E-state index contributed by atoms with van der Waals surface area (Å²) in [5.41, 5.74) is 7.14. The van der Waals surface area contributed by atoms with Crippen LogP contribution >= 0.6 is 0 Å². The third-order valence-corrected chi connectivity index (χ3v) is 3.83. The standard InChI is InChI=1S/C18H18N2O3/c1-11-4-6-12(7-5-11)18-14-10-16(23-3)15(22-2)8-13(14)9-17(21)19-20-18/h4-8,10H,9H2,1-3H3,(H,19,21). The maximum atomic E-state index is 11.9. The van der Waals surface area contributed by atoms with E-state index >= 15 is 0 Å². The van der Waals surface area contributed by atoms with E-state index in [0.29, 0.717) is 17.2 Å². The Morgan fingerprint density at radius 1 is 1.04 bits per heavy atom. The number of hydrogen-bond acceptors (Lipinski definition) is 4. The molecule has 0 fully saturated rings. The van der Waals surface area contributed by atoms with Gasteiger partial charge in [-0.15, -0.1) is 0 Å². The highest BCUT2D eigenvalue weighted by molar-refractivity contribution is 6.15. The number of carbonyl (C=O) groups is 1. The molecule has 118 valence electrons. The molecule has 5 heteroatoms. The highest BCUT2D eigenvalue weighted by atomic mass is 16.5. The fourth-order valence-electron chi connectivity index (χ4n) is 2.61. The number of hydrogen-bond donors (Lipinski definition) is 1. The lowest BCUT2D eigenvalue weighted by Gasteiger charge is -2.14. The van der Waals surface area contributed by atoms with Crippen LogP contribution in [0.1, 0.15) is 22.3 Å². The molecular formula is C18H18N2O3. The van der Waals surface area contributed by atoms with Crippen LogP contribution < -0.4 is 14.9 Å². The lowest BCUT2D eigenvalue weighted by molar-refractivity contribution is -0.120. The molecule has 0 spiro atoms. The minimum atomic E-state index is -0.152. The van der Waals surface area contributed by atoms with E-state index in [-0.39, 0.29) is 12.3 Å². The van der Waals surface area contributed by atoms with Crippen molar-refractivity contribution >= 4 is 11.6 Å². The number of ether oxygens (including phenoxy) is 2. The molecule has 3 rings (SSSR count). The van der Waals surface area contributed by atoms with Crippen molar-refractivity contribution in [1.29, 1.82) is 0 Å². The largest absolute Gasteiger partial charge is 0.493 e. The van der Waals surface area contributed by atoms with E-state index in [1.807, 2.05) is 43.3 Å². The van der Waals surface area contributed by atoms with Crippen LogP contribution in [0.4, 0.5) is 0 Å². The summed E-state index contributed by atoms with van der Waals surface area (Å²) in [5.74, 6) is 1.06. The first kappa shape index (κ1) is 15.1. The first-order valence-electron chi connectivity index (χ1n) is 7.31. The van der Waals surface area contributed by atoms with Crippen LogP contribution in [0.5, 0.6) is 11.5 Å². The van der Waals surface area contributed by atoms with E-state index in [9.17, 15) is 4.79 Å². The molecule has 5 nitrogen and oxygen atoms in total. The Balaban J connectivity index is 2.19. The molecule has 23 heavy (non-hydrogen) atoms. The van der Waals surface area contributed by atoms with Gasteiger partial charge in [-0.2, -0.15) is 5.10 Å². The smallest absolute Gasteiger partial charge is 0.244 e. The minimum absolute atomic E-state index is 0.152. The molecule has 0 saturated carbocycles. The van der Waals surface area contributed by atoms with E-state index < -0.39 is 0 Å². The average molecular weight is 310 g/mol. The number of hydrazone groups is 1. The highest BCUT2D eigenvalue weighted by Crippen LogP contribution is 2.32. The van der Waals surface area contributed by atoms with Gasteiger partial charge in [0.1, 0.15) is 0 Å². The molecular weight excluding hydrogens is 292 g/mol. The van der Waals surface area contributed by atoms with Gasteiger partial charge in [0, 0.05) is 11.1 Å². The highest BCUT2D eigenvalue weighted by Gasteiger charge is 2.21. The fraction of sp³-hybridized carbons (Fsp3) is 0.222. The molecule has 1 heterocycles. The van der Waals surface area contributed by atoms with Crippen molar-refractivity contribution in [1.82, 2.24) is 5.43 Å². The summed E-state index contributed by atoms with van der Waals surface area (Å²) in [6.07, 6.45) is 0.245. The van der Waals surface area contributed by atoms with Gasteiger partial charge < -0.3 is 9.47 Å². The third kappa shape index (κ3) is 2.90. The zero-order chi connectivity index (χ0) is 16.4. The lowest BCUT2D eigenvalue weighted by atomic mass is 9.95. The molecule has 0 saturated heterocycles. The van der Waals surface area contributed by atoms with Crippen molar-refractivity contribution in [2.75, 3.05) is 14.2 Å². The molecule has 2 aromatic carbocycles. The van der Waals surface area contributed by atoms with Gasteiger partial charge in [-0.25, -0.2) is 5.43 Å². The summed E-state index contributed by atoms with van der Waals surface area (Å²) in [6, 6.07) is 11.7. The van der Waals surface area contributed by atoms with E-state index in [2.05, 4.69) is 10.5 Å². The Labute approximate surface area is 134 Å². The van der Waals surface area contributed by atoms with Crippen LogP contribution in [0.2, 0.25) is 0 Å². The zero-order valence-corrected chi connectivity index (χ0v) is 13.3. The summed E-state index contributed by atoms with van der Waals surface area (Å²) < 4.78 is 10.7.